The first-order chi connectivity index (χ1) is 12.1. The van der Waals surface area contributed by atoms with E-state index in [-0.39, 0.29) is 12.2 Å². The third-order valence-corrected chi connectivity index (χ3v) is 4.34. The minimum absolute atomic E-state index is 0.00472. The molecule has 3 aromatic rings. The molecule has 0 fully saturated rings. The van der Waals surface area contributed by atoms with Gasteiger partial charge in [-0.1, -0.05) is 6.07 Å². The smallest absolute Gasteiger partial charge is 0.307 e. The number of carboxylic acid groups (broad SMARTS) is 1. The lowest BCUT2D eigenvalue weighted by molar-refractivity contribution is -0.136. The van der Waals surface area contributed by atoms with Gasteiger partial charge in [0.2, 0.25) is 0 Å². The van der Waals surface area contributed by atoms with Crippen molar-refractivity contribution in [2.75, 3.05) is 6.54 Å². The Labute approximate surface area is 145 Å². The zero-order valence-electron chi connectivity index (χ0n) is 13.9. The van der Waals surface area contributed by atoms with Gasteiger partial charge < -0.3 is 15.8 Å². The second-order valence-electron chi connectivity index (χ2n) is 6.18. The summed E-state index contributed by atoms with van der Waals surface area (Å²) in [6.45, 7) is 0.637. The van der Waals surface area contributed by atoms with Crippen LogP contribution in [0.15, 0.2) is 42.5 Å². The number of benzene rings is 2. The fraction of sp³-hybridized carbons (Fsp3) is 0.250. The molecule has 0 radical (unpaired) electrons. The van der Waals surface area contributed by atoms with Crippen molar-refractivity contribution in [2.45, 2.75) is 25.7 Å². The largest absolute Gasteiger partial charge is 0.481 e. The molecule has 0 unspecified atom stereocenters. The number of hydrogen-bond acceptors (Lipinski definition) is 2. The predicted octanol–water partition coefficient (Wildman–Crippen LogP) is 3.88. The van der Waals surface area contributed by atoms with E-state index in [0.717, 1.165) is 52.5 Å². The molecule has 1 aromatic heterocycles. The molecule has 1 heterocycles. The maximum Gasteiger partial charge on any atom is 0.307 e. The van der Waals surface area contributed by atoms with E-state index >= 15 is 0 Å². The average Bonchev–Trinajstić information content (AvgIpc) is 2.93. The van der Waals surface area contributed by atoms with E-state index < -0.39 is 5.97 Å². The van der Waals surface area contributed by atoms with Gasteiger partial charge in [-0.25, -0.2) is 4.39 Å². The summed E-state index contributed by atoms with van der Waals surface area (Å²) in [7, 11) is 0. The first kappa shape index (κ1) is 17.2. The van der Waals surface area contributed by atoms with Crippen LogP contribution < -0.4 is 5.73 Å². The molecule has 0 aliphatic carbocycles. The van der Waals surface area contributed by atoms with E-state index in [0.29, 0.717) is 6.54 Å². The molecule has 0 bridgehead atoms. The van der Waals surface area contributed by atoms with Crippen LogP contribution in [0.25, 0.3) is 22.2 Å². The Balaban J connectivity index is 2.08. The Bertz CT molecular complexity index is 885. The number of aliphatic carboxylic acids is 1. The number of aryl methyl sites for hydroxylation is 1. The van der Waals surface area contributed by atoms with Gasteiger partial charge in [0.15, 0.2) is 0 Å². The molecule has 130 valence electrons. The first-order valence-corrected chi connectivity index (χ1v) is 8.40. The van der Waals surface area contributed by atoms with Gasteiger partial charge in [0, 0.05) is 16.6 Å². The van der Waals surface area contributed by atoms with Crippen LogP contribution in [0, 0.1) is 5.82 Å². The van der Waals surface area contributed by atoms with Gasteiger partial charge in [0.25, 0.3) is 0 Å². The van der Waals surface area contributed by atoms with Crippen molar-refractivity contribution in [3.8, 4) is 11.3 Å². The average molecular weight is 340 g/mol. The zero-order valence-corrected chi connectivity index (χ0v) is 13.9. The number of halogens is 1. The number of aromatic amines is 1. The van der Waals surface area contributed by atoms with Crippen LogP contribution in [0.2, 0.25) is 0 Å². The summed E-state index contributed by atoms with van der Waals surface area (Å²) < 4.78 is 13.3. The minimum atomic E-state index is -0.849. The normalized spacial score (nSPS) is 11.1. The lowest BCUT2D eigenvalue weighted by Gasteiger charge is -2.06. The molecular weight excluding hydrogens is 319 g/mol. The van der Waals surface area contributed by atoms with Gasteiger partial charge in [-0.2, -0.15) is 0 Å². The van der Waals surface area contributed by atoms with Crippen LogP contribution in [0.3, 0.4) is 0 Å². The van der Waals surface area contributed by atoms with E-state index in [1.165, 1.54) is 12.1 Å². The van der Waals surface area contributed by atoms with Crippen LogP contribution in [0.1, 0.15) is 24.0 Å². The number of rotatable bonds is 7. The molecule has 0 atom stereocenters. The van der Waals surface area contributed by atoms with Gasteiger partial charge in [-0.05, 0) is 78.9 Å². The number of nitrogens with one attached hydrogen (secondary N) is 1. The van der Waals surface area contributed by atoms with Gasteiger partial charge in [-0.3, -0.25) is 4.79 Å². The van der Waals surface area contributed by atoms with Gasteiger partial charge >= 0.3 is 5.97 Å². The molecule has 5 heteroatoms. The number of hydrogen-bond donors (Lipinski definition) is 3. The molecule has 4 N–H and O–H groups in total. The van der Waals surface area contributed by atoms with Crippen molar-refractivity contribution in [2.24, 2.45) is 5.73 Å². The van der Waals surface area contributed by atoms with E-state index in [1.807, 2.05) is 18.2 Å². The second kappa shape index (κ2) is 7.49. The Kier molecular flexibility index (Phi) is 5.14. The molecule has 4 nitrogen and oxygen atoms in total. The summed E-state index contributed by atoms with van der Waals surface area (Å²) >= 11 is 0. The first-order valence-electron chi connectivity index (χ1n) is 8.40. The minimum Gasteiger partial charge on any atom is -0.481 e. The molecule has 0 aliphatic heterocycles. The third kappa shape index (κ3) is 3.88. The Morgan fingerprint density at radius 2 is 1.88 bits per heavy atom. The number of aromatic nitrogens is 1. The monoisotopic (exact) mass is 340 g/mol. The quantitative estimate of drug-likeness (QED) is 0.571. The molecule has 3 rings (SSSR count). The number of nitrogens with two attached hydrogens (primary N) is 1. The maximum atomic E-state index is 13.3. The standard InChI is InChI=1S/C20H21FN2O2/c21-15-7-5-14(6-8-15)20-16(3-1-2-10-22)17-11-13(12-19(24)25)4-9-18(17)23-20/h4-9,11,23H,1-3,10,12,22H2,(H,24,25). The van der Waals surface area contributed by atoms with Crippen molar-refractivity contribution >= 4 is 16.9 Å². The highest BCUT2D eigenvalue weighted by atomic mass is 19.1. The summed E-state index contributed by atoms with van der Waals surface area (Å²) in [4.78, 5) is 14.4. The highest BCUT2D eigenvalue weighted by Gasteiger charge is 2.14. The van der Waals surface area contributed by atoms with E-state index in [1.54, 1.807) is 12.1 Å². The topological polar surface area (TPSA) is 79.1 Å². The Morgan fingerprint density at radius 1 is 1.12 bits per heavy atom. The fourth-order valence-electron chi connectivity index (χ4n) is 3.15. The van der Waals surface area contributed by atoms with E-state index in [4.69, 9.17) is 10.8 Å². The molecule has 0 saturated heterocycles. The SMILES string of the molecule is NCCCCc1c(-c2ccc(F)cc2)[nH]c2ccc(CC(=O)O)cc12. The summed E-state index contributed by atoms with van der Waals surface area (Å²) in [6.07, 6.45) is 2.70. The number of carboxylic acids is 1. The van der Waals surface area contributed by atoms with Crippen molar-refractivity contribution in [1.82, 2.24) is 4.98 Å². The van der Waals surface area contributed by atoms with Gasteiger partial charge in [-0.15, -0.1) is 0 Å². The third-order valence-electron chi connectivity index (χ3n) is 4.34. The van der Waals surface area contributed by atoms with Crippen molar-refractivity contribution in [3.63, 3.8) is 0 Å². The molecule has 0 spiro atoms. The lowest BCUT2D eigenvalue weighted by Crippen LogP contribution is -2.00. The number of carbonyl (C=O) groups is 1. The zero-order chi connectivity index (χ0) is 17.8. The second-order valence-corrected chi connectivity index (χ2v) is 6.18. The molecular formula is C20H21FN2O2. The van der Waals surface area contributed by atoms with Crippen LogP contribution in [0.5, 0.6) is 0 Å². The van der Waals surface area contributed by atoms with Crippen LogP contribution in [-0.4, -0.2) is 22.6 Å². The predicted molar refractivity (Wildman–Crippen MR) is 97.0 cm³/mol. The highest BCUT2D eigenvalue weighted by Crippen LogP contribution is 2.32. The van der Waals surface area contributed by atoms with E-state index in [2.05, 4.69) is 4.98 Å². The summed E-state index contributed by atoms with van der Waals surface area (Å²) in [5.41, 5.74) is 10.3. The molecule has 25 heavy (non-hydrogen) atoms. The van der Waals surface area contributed by atoms with E-state index in [9.17, 15) is 9.18 Å². The number of H-pyrrole nitrogens is 1. The van der Waals surface area contributed by atoms with Crippen molar-refractivity contribution < 1.29 is 14.3 Å². The molecule has 0 amide bonds. The molecule has 0 saturated carbocycles. The summed E-state index contributed by atoms with van der Waals surface area (Å²) in [6, 6.07) is 12.1. The number of unbranched alkanes of at least 4 members (excludes halogenated alkanes) is 1. The molecule has 2 aromatic carbocycles. The summed E-state index contributed by atoms with van der Waals surface area (Å²) in [5, 5.41) is 10.1. The summed E-state index contributed by atoms with van der Waals surface area (Å²) in [5.74, 6) is -1.12. The van der Waals surface area contributed by atoms with Crippen LogP contribution in [-0.2, 0) is 17.6 Å². The Hall–Kier alpha value is -2.66. The van der Waals surface area contributed by atoms with Crippen LogP contribution in [0.4, 0.5) is 4.39 Å². The number of fused-ring (bicyclic) bond motifs is 1. The van der Waals surface area contributed by atoms with Crippen molar-refractivity contribution in [1.29, 1.82) is 0 Å². The van der Waals surface area contributed by atoms with Crippen molar-refractivity contribution in [3.05, 3.63) is 59.4 Å². The maximum absolute atomic E-state index is 13.3. The molecule has 0 aliphatic rings. The highest BCUT2D eigenvalue weighted by molar-refractivity contribution is 5.91. The van der Waals surface area contributed by atoms with Gasteiger partial charge in [0.1, 0.15) is 5.82 Å². The van der Waals surface area contributed by atoms with Crippen LogP contribution >= 0.6 is 0 Å². The Morgan fingerprint density at radius 3 is 2.56 bits per heavy atom. The van der Waals surface area contributed by atoms with Gasteiger partial charge in [0.05, 0.1) is 6.42 Å². The fourth-order valence-corrected chi connectivity index (χ4v) is 3.15. The lowest BCUT2D eigenvalue weighted by atomic mass is 9.99.